The zero-order valence-electron chi connectivity index (χ0n) is 7.50. The van der Waals surface area contributed by atoms with Gasteiger partial charge in [0.25, 0.3) is 0 Å². The Morgan fingerprint density at radius 1 is 1.69 bits per heavy atom. The molecule has 0 atom stereocenters. The Hall–Kier alpha value is -1.09. The first kappa shape index (κ1) is 9.99. The maximum absolute atomic E-state index is 11.2. The van der Waals surface area contributed by atoms with Crippen molar-refractivity contribution in [2.24, 2.45) is 0 Å². The van der Waals surface area contributed by atoms with E-state index < -0.39 is 5.97 Å². The zero-order valence-corrected chi connectivity index (χ0v) is 8.26. The normalized spacial score (nSPS) is 9.77. The number of carbonyl (C=O) groups is 1. The molecule has 0 amide bonds. The van der Waals surface area contributed by atoms with Crippen molar-refractivity contribution in [2.45, 2.75) is 13.8 Å². The molecule has 0 N–H and O–H groups in total. The topological polar surface area (TPSA) is 39.2 Å². The van der Waals surface area contributed by atoms with E-state index in [9.17, 15) is 4.79 Å². The average Bonchev–Trinajstić information content (AvgIpc) is 2.10. The van der Waals surface area contributed by atoms with Crippen molar-refractivity contribution in [2.75, 3.05) is 6.61 Å². The van der Waals surface area contributed by atoms with Crippen LogP contribution in [0.25, 0.3) is 0 Å². The summed E-state index contributed by atoms with van der Waals surface area (Å²) < 4.78 is 4.78. The predicted molar refractivity (Wildman–Crippen MR) is 49.9 cm³/mol. The van der Waals surface area contributed by atoms with Crippen LogP contribution in [0, 0.1) is 6.92 Å². The summed E-state index contributed by atoms with van der Waals surface area (Å²) in [5.74, 6) is -0.415. The summed E-state index contributed by atoms with van der Waals surface area (Å²) in [5.41, 5.74) is 1.11. The molecule has 0 saturated heterocycles. The molecule has 0 unspecified atom stereocenters. The number of nitrogens with zero attached hydrogens (tertiary/aromatic N) is 1. The van der Waals surface area contributed by atoms with Gasteiger partial charge in [0.2, 0.25) is 0 Å². The summed E-state index contributed by atoms with van der Waals surface area (Å²) in [4.78, 5) is 15.0. The van der Waals surface area contributed by atoms with E-state index in [4.69, 9.17) is 16.3 Å². The van der Waals surface area contributed by atoms with Crippen molar-refractivity contribution < 1.29 is 9.53 Å². The second-order valence-electron chi connectivity index (χ2n) is 2.54. The molecule has 4 heteroatoms. The molecule has 3 nitrogen and oxygen atoms in total. The molecule has 13 heavy (non-hydrogen) atoms. The third-order valence-electron chi connectivity index (χ3n) is 1.53. The second-order valence-corrected chi connectivity index (χ2v) is 2.95. The second kappa shape index (κ2) is 4.23. The van der Waals surface area contributed by atoms with Crippen LogP contribution in [-0.4, -0.2) is 17.6 Å². The summed E-state index contributed by atoms with van der Waals surface area (Å²) >= 11 is 5.75. The van der Waals surface area contributed by atoms with Crippen LogP contribution in [0.4, 0.5) is 0 Å². The number of pyridine rings is 1. The Morgan fingerprint density at radius 2 is 2.38 bits per heavy atom. The van der Waals surface area contributed by atoms with Crippen molar-refractivity contribution in [3.8, 4) is 0 Å². The molecular formula is C9H10ClNO2. The molecule has 0 aliphatic rings. The highest BCUT2D eigenvalue weighted by molar-refractivity contribution is 6.31. The number of aromatic nitrogens is 1. The number of aryl methyl sites for hydroxylation is 1. The lowest BCUT2D eigenvalue weighted by atomic mass is 10.2. The van der Waals surface area contributed by atoms with E-state index in [1.54, 1.807) is 13.0 Å². The van der Waals surface area contributed by atoms with Crippen LogP contribution in [0.5, 0.6) is 0 Å². The fourth-order valence-electron chi connectivity index (χ4n) is 0.856. The summed E-state index contributed by atoms with van der Waals surface area (Å²) in [6.07, 6.45) is 1.45. The first-order valence-corrected chi connectivity index (χ1v) is 4.32. The van der Waals surface area contributed by atoms with Gasteiger partial charge < -0.3 is 4.74 Å². The van der Waals surface area contributed by atoms with E-state index in [-0.39, 0.29) is 0 Å². The number of esters is 1. The molecule has 0 saturated carbocycles. The van der Waals surface area contributed by atoms with Crippen LogP contribution >= 0.6 is 11.6 Å². The van der Waals surface area contributed by atoms with Gasteiger partial charge in [0.05, 0.1) is 11.6 Å². The maximum Gasteiger partial charge on any atom is 0.356 e. The maximum atomic E-state index is 11.2. The van der Waals surface area contributed by atoms with Gasteiger partial charge in [0.1, 0.15) is 5.69 Å². The molecule has 0 bridgehead atoms. The van der Waals surface area contributed by atoms with Gasteiger partial charge in [-0.25, -0.2) is 9.78 Å². The summed E-state index contributed by atoms with van der Waals surface area (Å²) in [5, 5.41) is 0.549. The van der Waals surface area contributed by atoms with Crippen molar-refractivity contribution in [1.82, 2.24) is 4.98 Å². The van der Waals surface area contributed by atoms with Crippen LogP contribution in [0.3, 0.4) is 0 Å². The molecule has 0 fully saturated rings. The number of hydrogen-bond acceptors (Lipinski definition) is 3. The quantitative estimate of drug-likeness (QED) is 0.686. The van der Waals surface area contributed by atoms with Gasteiger partial charge in [-0.1, -0.05) is 11.6 Å². The Kier molecular flexibility index (Phi) is 3.25. The smallest absolute Gasteiger partial charge is 0.356 e. The number of halogens is 1. The lowest BCUT2D eigenvalue weighted by Crippen LogP contribution is -2.07. The minimum Gasteiger partial charge on any atom is -0.461 e. The summed E-state index contributed by atoms with van der Waals surface area (Å²) in [6, 6.07) is 1.61. The fourth-order valence-corrected chi connectivity index (χ4v) is 0.959. The Labute approximate surface area is 81.7 Å². The Balaban J connectivity index is 2.90. The van der Waals surface area contributed by atoms with Crippen LogP contribution in [0.15, 0.2) is 12.3 Å². The number of carbonyl (C=O) groups excluding carboxylic acids is 1. The van der Waals surface area contributed by atoms with Gasteiger partial charge >= 0.3 is 5.97 Å². The minimum atomic E-state index is -0.415. The molecule has 0 aliphatic heterocycles. The van der Waals surface area contributed by atoms with Gasteiger partial charge in [-0.15, -0.1) is 0 Å². The third kappa shape index (κ3) is 2.42. The lowest BCUT2D eigenvalue weighted by molar-refractivity contribution is 0.0519. The van der Waals surface area contributed by atoms with E-state index in [1.165, 1.54) is 6.20 Å². The third-order valence-corrected chi connectivity index (χ3v) is 1.93. The highest BCUT2D eigenvalue weighted by Crippen LogP contribution is 2.14. The van der Waals surface area contributed by atoms with Crippen molar-refractivity contribution >= 4 is 17.6 Å². The van der Waals surface area contributed by atoms with Gasteiger partial charge in [-0.05, 0) is 25.5 Å². The number of ether oxygens (including phenoxy) is 1. The van der Waals surface area contributed by atoms with Crippen molar-refractivity contribution in [3.05, 3.63) is 28.5 Å². The Morgan fingerprint density at radius 3 is 2.92 bits per heavy atom. The largest absolute Gasteiger partial charge is 0.461 e. The monoisotopic (exact) mass is 199 g/mol. The molecular weight excluding hydrogens is 190 g/mol. The number of rotatable bonds is 2. The van der Waals surface area contributed by atoms with Crippen LogP contribution in [0.2, 0.25) is 5.02 Å². The van der Waals surface area contributed by atoms with E-state index in [0.717, 1.165) is 5.56 Å². The van der Waals surface area contributed by atoms with Crippen LogP contribution in [0.1, 0.15) is 23.0 Å². The molecule has 1 rings (SSSR count). The molecule has 1 heterocycles. The van der Waals surface area contributed by atoms with E-state index in [2.05, 4.69) is 4.98 Å². The predicted octanol–water partition coefficient (Wildman–Crippen LogP) is 2.22. The highest BCUT2D eigenvalue weighted by Gasteiger charge is 2.08. The first-order chi connectivity index (χ1) is 6.15. The zero-order chi connectivity index (χ0) is 9.84. The molecule has 70 valence electrons. The van der Waals surface area contributed by atoms with Crippen LogP contribution in [-0.2, 0) is 4.74 Å². The van der Waals surface area contributed by atoms with Crippen LogP contribution < -0.4 is 0 Å². The fraction of sp³-hybridized carbons (Fsp3) is 0.333. The average molecular weight is 200 g/mol. The van der Waals surface area contributed by atoms with Gasteiger partial charge in [0, 0.05) is 6.20 Å². The molecule has 1 aromatic heterocycles. The molecule has 1 aromatic rings. The van der Waals surface area contributed by atoms with Crippen molar-refractivity contribution in [1.29, 1.82) is 0 Å². The van der Waals surface area contributed by atoms with E-state index >= 15 is 0 Å². The standard InChI is InChI=1S/C9H10ClNO2/c1-3-13-9(12)8-4-6(2)7(10)5-11-8/h4-5H,3H2,1-2H3. The lowest BCUT2D eigenvalue weighted by Gasteiger charge is -2.02. The summed E-state index contributed by atoms with van der Waals surface area (Å²) in [6.45, 7) is 3.91. The molecule has 0 spiro atoms. The minimum absolute atomic E-state index is 0.295. The SMILES string of the molecule is CCOC(=O)c1cc(C)c(Cl)cn1. The Bertz CT molecular complexity index is 325. The van der Waals surface area contributed by atoms with Gasteiger partial charge in [-0.3, -0.25) is 0 Å². The van der Waals surface area contributed by atoms with E-state index in [0.29, 0.717) is 17.3 Å². The molecule has 0 aliphatic carbocycles. The summed E-state index contributed by atoms with van der Waals surface area (Å²) in [7, 11) is 0. The van der Waals surface area contributed by atoms with Gasteiger partial charge in [-0.2, -0.15) is 0 Å². The highest BCUT2D eigenvalue weighted by atomic mass is 35.5. The van der Waals surface area contributed by atoms with Gasteiger partial charge in [0.15, 0.2) is 0 Å². The molecule has 0 radical (unpaired) electrons. The number of hydrogen-bond donors (Lipinski definition) is 0. The van der Waals surface area contributed by atoms with E-state index in [1.807, 2.05) is 6.92 Å². The first-order valence-electron chi connectivity index (χ1n) is 3.94. The molecule has 0 aromatic carbocycles. The van der Waals surface area contributed by atoms with Crippen molar-refractivity contribution in [3.63, 3.8) is 0 Å².